The van der Waals surface area contributed by atoms with Crippen LogP contribution in [0.15, 0.2) is 77.7 Å². The van der Waals surface area contributed by atoms with Gasteiger partial charge in [0, 0.05) is 35.5 Å². The van der Waals surface area contributed by atoms with E-state index >= 15 is 0 Å². The van der Waals surface area contributed by atoms with Gasteiger partial charge in [0.25, 0.3) is 0 Å². The van der Waals surface area contributed by atoms with Crippen LogP contribution < -0.4 is 5.73 Å². The first-order valence-corrected chi connectivity index (χ1v) is 12.8. The lowest BCUT2D eigenvalue weighted by Crippen LogP contribution is -2.51. The van der Waals surface area contributed by atoms with Crippen LogP contribution in [0.3, 0.4) is 0 Å². The second-order valence-electron chi connectivity index (χ2n) is 9.63. The number of phenols is 1. The van der Waals surface area contributed by atoms with Crippen molar-refractivity contribution in [2.24, 2.45) is 11.7 Å². The van der Waals surface area contributed by atoms with Crippen LogP contribution in [0, 0.1) is 17.6 Å². The second kappa shape index (κ2) is 10.4. The minimum absolute atomic E-state index is 0.0121. The number of nitrogens with zero attached hydrogens (tertiary/aromatic N) is 1. The fourth-order valence-corrected chi connectivity index (χ4v) is 6.44. The summed E-state index contributed by atoms with van der Waals surface area (Å²) >= 11 is 1.45. The molecule has 1 saturated heterocycles. The molecule has 7 heteroatoms. The van der Waals surface area contributed by atoms with Gasteiger partial charge in [0.1, 0.15) is 22.8 Å². The Labute approximate surface area is 209 Å². The van der Waals surface area contributed by atoms with Crippen LogP contribution in [0.5, 0.6) is 5.75 Å². The van der Waals surface area contributed by atoms with Gasteiger partial charge in [-0.2, -0.15) is 0 Å². The Hall–Kier alpha value is -2.90. The van der Waals surface area contributed by atoms with E-state index < -0.39 is 23.0 Å². The fourth-order valence-electron chi connectivity index (χ4n) is 5.54. The molecule has 0 aliphatic carbocycles. The number of aromatic hydroxyl groups is 1. The molecular weight excluding hydrogens is 466 g/mol. The Bertz CT molecular complexity index is 1160. The smallest absolute Gasteiger partial charge is 0.233 e. The molecule has 0 aromatic heterocycles. The normalized spacial score (nSPS) is 21.5. The van der Waals surface area contributed by atoms with Crippen LogP contribution in [-0.4, -0.2) is 47.9 Å². The lowest BCUT2D eigenvalue weighted by molar-refractivity contribution is -0.899. The van der Waals surface area contributed by atoms with E-state index in [2.05, 4.69) is 7.05 Å². The van der Waals surface area contributed by atoms with Gasteiger partial charge in [-0.1, -0.05) is 42.5 Å². The zero-order chi connectivity index (χ0) is 25.1. The summed E-state index contributed by atoms with van der Waals surface area (Å²) in [4.78, 5) is 13.9. The summed E-state index contributed by atoms with van der Waals surface area (Å²) in [6, 6.07) is 20.1. The number of hydrogen-bond acceptors (Lipinski definition) is 3. The highest BCUT2D eigenvalue weighted by Gasteiger charge is 2.53. The number of carbonyl (C=O) groups is 1. The molecule has 1 unspecified atom stereocenters. The van der Waals surface area contributed by atoms with Crippen molar-refractivity contribution in [1.82, 2.24) is 0 Å². The van der Waals surface area contributed by atoms with Crippen molar-refractivity contribution in [2.75, 3.05) is 32.4 Å². The first kappa shape index (κ1) is 25.2. The van der Waals surface area contributed by atoms with E-state index in [9.17, 15) is 18.7 Å². The monoisotopic (exact) mass is 497 g/mol. The molecule has 184 valence electrons. The SMILES string of the molecule is C[N@@+]1(CCCSc2cc(F)cc(F)c2)CCC([C@](C(N)=O)(c2ccccc2)c2ccc(O)cc2)C1. The summed E-state index contributed by atoms with van der Waals surface area (Å²) < 4.78 is 27.7. The van der Waals surface area contributed by atoms with Gasteiger partial charge in [-0.15, -0.1) is 11.8 Å². The number of benzene rings is 3. The Morgan fingerprint density at radius 1 is 1.06 bits per heavy atom. The van der Waals surface area contributed by atoms with Crippen molar-refractivity contribution < 1.29 is 23.2 Å². The maximum absolute atomic E-state index is 13.5. The Kier molecular flexibility index (Phi) is 7.47. The zero-order valence-corrected chi connectivity index (χ0v) is 20.6. The van der Waals surface area contributed by atoms with Crippen molar-refractivity contribution in [1.29, 1.82) is 0 Å². The number of halogens is 2. The third kappa shape index (κ3) is 5.36. The fraction of sp³-hybridized carbons (Fsp3) is 0.321. The van der Waals surface area contributed by atoms with Gasteiger partial charge >= 0.3 is 0 Å². The van der Waals surface area contributed by atoms with Crippen molar-refractivity contribution >= 4 is 17.7 Å². The van der Waals surface area contributed by atoms with Crippen LogP contribution in [0.25, 0.3) is 0 Å². The van der Waals surface area contributed by atoms with E-state index in [1.165, 1.54) is 23.9 Å². The highest BCUT2D eigenvalue weighted by molar-refractivity contribution is 7.99. The van der Waals surface area contributed by atoms with Crippen molar-refractivity contribution in [2.45, 2.75) is 23.2 Å². The van der Waals surface area contributed by atoms with Crippen LogP contribution >= 0.6 is 11.8 Å². The van der Waals surface area contributed by atoms with E-state index in [0.717, 1.165) is 59.9 Å². The molecule has 1 fully saturated rings. The van der Waals surface area contributed by atoms with E-state index in [0.29, 0.717) is 4.90 Å². The summed E-state index contributed by atoms with van der Waals surface area (Å²) in [6.07, 6.45) is 1.71. The number of likely N-dealkylation sites (tertiary alicyclic amines) is 1. The molecule has 0 radical (unpaired) electrons. The standard InChI is InChI=1S/C28H30F2N2O2S/c1-32(13-5-15-35-26-17-23(29)16-24(30)18-26)14-12-22(19-32)28(27(31)34,20-6-3-2-4-7-20)21-8-10-25(33)11-9-21/h2-4,6-11,16-18,22H,5,12-15,19H2,1H3,(H2-,31,33,34)/p+1/t22?,28-,32+/m0/s1. The number of rotatable bonds is 9. The topological polar surface area (TPSA) is 63.3 Å². The Balaban J connectivity index is 1.53. The third-order valence-electron chi connectivity index (χ3n) is 7.18. The molecule has 3 aromatic carbocycles. The average molecular weight is 498 g/mol. The number of thioether (sulfide) groups is 1. The maximum atomic E-state index is 13.5. The molecule has 35 heavy (non-hydrogen) atoms. The number of quaternary nitrogens is 1. The molecule has 0 spiro atoms. The maximum Gasteiger partial charge on any atom is 0.233 e. The molecule has 1 aliphatic rings. The molecule has 3 aromatic rings. The lowest BCUT2D eigenvalue weighted by Gasteiger charge is -2.38. The number of hydrogen-bond donors (Lipinski definition) is 2. The van der Waals surface area contributed by atoms with Gasteiger partial charge in [0.2, 0.25) is 5.91 Å². The van der Waals surface area contributed by atoms with Gasteiger partial charge in [-0.05, 0) is 35.4 Å². The minimum Gasteiger partial charge on any atom is -0.508 e. The summed E-state index contributed by atoms with van der Waals surface area (Å²) in [5.41, 5.74) is 6.83. The first-order chi connectivity index (χ1) is 16.7. The molecule has 0 saturated carbocycles. The van der Waals surface area contributed by atoms with E-state index in [-0.39, 0.29) is 11.7 Å². The van der Waals surface area contributed by atoms with Crippen LogP contribution in [-0.2, 0) is 10.2 Å². The third-order valence-corrected chi connectivity index (χ3v) is 8.24. The number of phenolic OH excluding ortho intramolecular Hbond substituents is 1. The molecule has 4 nitrogen and oxygen atoms in total. The highest BCUT2D eigenvalue weighted by atomic mass is 32.2. The second-order valence-corrected chi connectivity index (χ2v) is 10.8. The zero-order valence-electron chi connectivity index (χ0n) is 19.8. The molecule has 1 heterocycles. The van der Waals surface area contributed by atoms with Crippen LogP contribution in [0.4, 0.5) is 8.78 Å². The Morgan fingerprint density at radius 2 is 1.69 bits per heavy atom. The molecule has 3 atom stereocenters. The van der Waals surface area contributed by atoms with Crippen LogP contribution in [0.2, 0.25) is 0 Å². The molecule has 0 bridgehead atoms. The first-order valence-electron chi connectivity index (χ1n) is 11.8. The largest absolute Gasteiger partial charge is 0.508 e. The molecule has 3 N–H and O–H groups in total. The molecule has 1 amide bonds. The predicted molar refractivity (Wildman–Crippen MR) is 135 cm³/mol. The van der Waals surface area contributed by atoms with E-state index in [1.807, 2.05) is 30.3 Å². The molecule has 4 rings (SSSR count). The number of amides is 1. The van der Waals surface area contributed by atoms with Crippen molar-refractivity contribution in [3.8, 4) is 5.75 Å². The lowest BCUT2D eigenvalue weighted by atomic mass is 9.64. The van der Waals surface area contributed by atoms with Gasteiger partial charge in [0.15, 0.2) is 0 Å². The van der Waals surface area contributed by atoms with Crippen molar-refractivity contribution in [3.63, 3.8) is 0 Å². The quantitative estimate of drug-likeness (QED) is 0.246. The highest BCUT2D eigenvalue weighted by Crippen LogP contribution is 2.45. The Morgan fingerprint density at radius 3 is 2.31 bits per heavy atom. The van der Waals surface area contributed by atoms with Crippen LogP contribution in [0.1, 0.15) is 24.0 Å². The summed E-state index contributed by atoms with van der Waals surface area (Å²) in [5.74, 6) is -0.640. The van der Waals surface area contributed by atoms with Crippen molar-refractivity contribution in [3.05, 3.63) is 95.6 Å². The predicted octanol–water partition coefficient (Wildman–Crippen LogP) is 5.09. The van der Waals surface area contributed by atoms with Gasteiger partial charge in [-0.25, -0.2) is 8.78 Å². The van der Waals surface area contributed by atoms with Gasteiger partial charge in [-0.3, -0.25) is 4.79 Å². The summed E-state index contributed by atoms with van der Waals surface area (Å²) in [6.45, 7) is 2.57. The molecule has 1 aliphatic heterocycles. The van der Waals surface area contributed by atoms with E-state index in [1.54, 1.807) is 24.3 Å². The van der Waals surface area contributed by atoms with Gasteiger partial charge < -0.3 is 15.3 Å². The number of primary amides is 1. The molecular formula is C28H31F2N2O2S+. The minimum atomic E-state index is -1.00. The van der Waals surface area contributed by atoms with Gasteiger partial charge in [0.05, 0.1) is 26.7 Å². The summed E-state index contributed by atoms with van der Waals surface area (Å²) in [5, 5.41) is 9.85. The van der Waals surface area contributed by atoms with E-state index in [4.69, 9.17) is 5.73 Å². The number of nitrogens with two attached hydrogens (primary N) is 1. The summed E-state index contributed by atoms with van der Waals surface area (Å²) in [7, 11) is 2.19. The number of carbonyl (C=O) groups excluding carboxylic acids is 1. The average Bonchev–Trinajstić information content (AvgIpc) is 3.20.